The van der Waals surface area contributed by atoms with Gasteiger partial charge in [-0.2, -0.15) is 0 Å². The summed E-state index contributed by atoms with van der Waals surface area (Å²) in [5.74, 6) is -0.377. The summed E-state index contributed by atoms with van der Waals surface area (Å²) >= 11 is 0. The molecule has 2 aromatic carbocycles. The van der Waals surface area contributed by atoms with Crippen molar-refractivity contribution in [2.24, 2.45) is 0 Å². The fourth-order valence-electron chi connectivity index (χ4n) is 2.68. The molecule has 0 spiro atoms. The van der Waals surface area contributed by atoms with Crippen molar-refractivity contribution < 1.29 is 14.6 Å². The van der Waals surface area contributed by atoms with E-state index in [-0.39, 0.29) is 5.97 Å². The maximum atomic E-state index is 11.2. The van der Waals surface area contributed by atoms with Crippen molar-refractivity contribution in [1.29, 1.82) is 0 Å². The van der Waals surface area contributed by atoms with E-state index in [1.807, 2.05) is 36.4 Å². The third-order valence-electron chi connectivity index (χ3n) is 3.99. The fourth-order valence-corrected chi connectivity index (χ4v) is 2.68. The predicted octanol–water partition coefficient (Wildman–Crippen LogP) is 4.64. The van der Waals surface area contributed by atoms with Crippen LogP contribution in [0, 0.1) is 0 Å². The Morgan fingerprint density at radius 3 is 2.83 bits per heavy atom. The highest BCUT2D eigenvalue weighted by molar-refractivity contribution is 5.91. The van der Waals surface area contributed by atoms with E-state index in [0.717, 1.165) is 47.6 Å². The summed E-state index contributed by atoms with van der Waals surface area (Å²) < 4.78 is 4.61. The van der Waals surface area contributed by atoms with E-state index in [9.17, 15) is 9.90 Å². The van der Waals surface area contributed by atoms with Gasteiger partial charge in [0, 0.05) is 6.08 Å². The van der Waals surface area contributed by atoms with Crippen molar-refractivity contribution in [3.05, 3.63) is 53.6 Å². The Morgan fingerprint density at radius 1 is 1.26 bits per heavy atom. The molecule has 0 fully saturated rings. The van der Waals surface area contributed by atoms with Crippen LogP contribution in [0.25, 0.3) is 16.8 Å². The Kier molecular flexibility index (Phi) is 6.36. The maximum absolute atomic E-state index is 11.2. The van der Waals surface area contributed by atoms with Gasteiger partial charge in [0.05, 0.1) is 13.2 Å². The molecule has 0 aliphatic carbocycles. The number of hydrogen-bond donors (Lipinski definition) is 1. The number of esters is 1. The molecule has 0 aromatic heterocycles. The van der Waals surface area contributed by atoms with Crippen LogP contribution in [0.15, 0.2) is 42.5 Å². The van der Waals surface area contributed by atoms with Crippen LogP contribution in [0.1, 0.15) is 49.8 Å². The smallest absolute Gasteiger partial charge is 0.330 e. The van der Waals surface area contributed by atoms with Crippen LogP contribution in [0.4, 0.5) is 0 Å². The summed E-state index contributed by atoms with van der Waals surface area (Å²) in [4.78, 5) is 11.2. The molecule has 0 radical (unpaired) electrons. The lowest BCUT2D eigenvalue weighted by Crippen LogP contribution is -1.99. The van der Waals surface area contributed by atoms with Crippen molar-refractivity contribution in [3.63, 3.8) is 0 Å². The maximum Gasteiger partial charge on any atom is 0.330 e. The summed E-state index contributed by atoms with van der Waals surface area (Å²) in [6.45, 7) is 2.16. The highest BCUT2D eigenvalue weighted by Gasteiger charge is 2.11. The minimum Gasteiger partial charge on any atom is -0.466 e. The molecule has 0 amide bonds. The number of unbranched alkanes of at least 4 members (excludes halogenated alkanes) is 2. The van der Waals surface area contributed by atoms with Crippen LogP contribution >= 0.6 is 0 Å². The number of rotatable bonds is 7. The lowest BCUT2D eigenvalue weighted by Gasteiger charge is -2.14. The average molecular weight is 312 g/mol. The number of benzene rings is 2. The van der Waals surface area contributed by atoms with Gasteiger partial charge in [-0.05, 0) is 40.5 Å². The topological polar surface area (TPSA) is 46.5 Å². The molecular weight excluding hydrogens is 288 g/mol. The zero-order valence-electron chi connectivity index (χ0n) is 13.8. The molecule has 122 valence electrons. The first-order valence-electron chi connectivity index (χ1n) is 8.12. The number of aliphatic hydroxyl groups excluding tert-OH is 1. The van der Waals surface area contributed by atoms with E-state index in [1.165, 1.54) is 13.2 Å². The molecule has 0 aliphatic heterocycles. The molecule has 2 aromatic rings. The second kappa shape index (κ2) is 8.49. The Morgan fingerprint density at radius 2 is 2.09 bits per heavy atom. The number of hydrogen-bond acceptors (Lipinski definition) is 3. The molecule has 0 heterocycles. The van der Waals surface area contributed by atoms with Gasteiger partial charge in [-0.15, -0.1) is 0 Å². The van der Waals surface area contributed by atoms with Crippen LogP contribution in [0.3, 0.4) is 0 Å². The van der Waals surface area contributed by atoms with Crippen molar-refractivity contribution in [3.8, 4) is 0 Å². The van der Waals surface area contributed by atoms with Gasteiger partial charge in [0.1, 0.15) is 0 Å². The summed E-state index contributed by atoms with van der Waals surface area (Å²) in [7, 11) is 1.36. The lowest BCUT2D eigenvalue weighted by molar-refractivity contribution is -0.134. The number of ether oxygens (including phenoxy) is 1. The predicted molar refractivity (Wildman–Crippen MR) is 94.1 cm³/mol. The molecule has 2 rings (SSSR count). The largest absolute Gasteiger partial charge is 0.466 e. The van der Waals surface area contributed by atoms with Crippen LogP contribution < -0.4 is 0 Å². The Hall–Kier alpha value is -2.13. The summed E-state index contributed by atoms with van der Waals surface area (Å²) in [6.07, 6.45) is 6.75. The zero-order chi connectivity index (χ0) is 16.7. The van der Waals surface area contributed by atoms with Gasteiger partial charge in [-0.1, -0.05) is 56.5 Å². The first-order chi connectivity index (χ1) is 11.2. The van der Waals surface area contributed by atoms with E-state index in [2.05, 4.69) is 11.7 Å². The number of aliphatic hydroxyl groups is 1. The van der Waals surface area contributed by atoms with E-state index in [1.54, 1.807) is 6.08 Å². The van der Waals surface area contributed by atoms with Crippen molar-refractivity contribution in [1.82, 2.24) is 0 Å². The van der Waals surface area contributed by atoms with Gasteiger partial charge < -0.3 is 9.84 Å². The molecule has 3 nitrogen and oxygen atoms in total. The Balaban J connectivity index is 2.30. The van der Waals surface area contributed by atoms with Crippen molar-refractivity contribution in [2.75, 3.05) is 7.11 Å². The van der Waals surface area contributed by atoms with E-state index in [4.69, 9.17) is 0 Å². The quantitative estimate of drug-likeness (QED) is 0.460. The summed E-state index contributed by atoms with van der Waals surface area (Å²) in [5.41, 5.74) is 1.86. The van der Waals surface area contributed by atoms with E-state index >= 15 is 0 Å². The third-order valence-corrected chi connectivity index (χ3v) is 3.99. The second-order valence-electron chi connectivity index (χ2n) is 5.70. The molecule has 3 heteroatoms. The molecule has 0 saturated carbocycles. The number of carbonyl (C=O) groups is 1. The standard InChI is InChI=1S/C20H24O3/c1-3-4-5-9-19(21)17-8-6-7-16-12-10-15(14-18(16)17)11-13-20(22)23-2/h6-8,10-14,19,21H,3-5,9H2,1-2H3/b13-11+. The fraction of sp³-hybridized carbons (Fsp3) is 0.350. The Bertz CT molecular complexity index is 688. The van der Waals surface area contributed by atoms with Crippen molar-refractivity contribution in [2.45, 2.75) is 38.7 Å². The third kappa shape index (κ3) is 4.67. The van der Waals surface area contributed by atoms with Crippen LogP contribution in [0.5, 0.6) is 0 Å². The molecule has 1 unspecified atom stereocenters. The van der Waals surface area contributed by atoms with Gasteiger partial charge in [-0.25, -0.2) is 4.79 Å². The molecule has 1 atom stereocenters. The first kappa shape index (κ1) is 17.2. The van der Waals surface area contributed by atoms with Crippen LogP contribution in [-0.4, -0.2) is 18.2 Å². The minimum atomic E-state index is -0.454. The van der Waals surface area contributed by atoms with E-state index < -0.39 is 6.10 Å². The summed E-state index contributed by atoms with van der Waals surface area (Å²) in [6, 6.07) is 12.0. The monoisotopic (exact) mass is 312 g/mol. The lowest BCUT2D eigenvalue weighted by atomic mass is 9.95. The van der Waals surface area contributed by atoms with Crippen molar-refractivity contribution >= 4 is 22.8 Å². The number of fused-ring (bicyclic) bond motifs is 1. The molecule has 0 saturated heterocycles. The highest BCUT2D eigenvalue weighted by Crippen LogP contribution is 2.28. The first-order valence-corrected chi connectivity index (χ1v) is 8.12. The Labute approximate surface area is 137 Å². The van der Waals surface area contributed by atoms with Crippen LogP contribution in [-0.2, 0) is 9.53 Å². The van der Waals surface area contributed by atoms with Gasteiger partial charge in [-0.3, -0.25) is 0 Å². The molecule has 0 aliphatic rings. The molecule has 23 heavy (non-hydrogen) atoms. The van der Waals surface area contributed by atoms with Gasteiger partial charge >= 0.3 is 5.97 Å². The van der Waals surface area contributed by atoms with E-state index in [0.29, 0.717) is 0 Å². The van der Waals surface area contributed by atoms with Gasteiger partial charge in [0.15, 0.2) is 0 Å². The van der Waals surface area contributed by atoms with Gasteiger partial charge in [0.2, 0.25) is 0 Å². The second-order valence-corrected chi connectivity index (χ2v) is 5.70. The number of carbonyl (C=O) groups excluding carboxylic acids is 1. The highest BCUT2D eigenvalue weighted by atomic mass is 16.5. The zero-order valence-corrected chi connectivity index (χ0v) is 13.8. The molecular formula is C20H24O3. The minimum absolute atomic E-state index is 0.377. The normalized spacial score (nSPS) is 12.7. The average Bonchev–Trinajstić information content (AvgIpc) is 2.59. The van der Waals surface area contributed by atoms with Crippen LogP contribution in [0.2, 0.25) is 0 Å². The number of methoxy groups -OCH3 is 1. The molecule has 1 N–H and O–H groups in total. The SMILES string of the molecule is CCCCCC(O)c1cccc2ccc(/C=C/C(=O)OC)cc12. The summed E-state index contributed by atoms with van der Waals surface area (Å²) in [5, 5.41) is 12.6. The van der Waals surface area contributed by atoms with Gasteiger partial charge in [0.25, 0.3) is 0 Å². The molecule has 0 bridgehead atoms.